The van der Waals surface area contributed by atoms with E-state index in [9.17, 15) is 5.11 Å². The van der Waals surface area contributed by atoms with Gasteiger partial charge in [0.05, 0.1) is 13.2 Å². The van der Waals surface area contributed by atoms with Gasteiger partial charge in [0.15, 0.2) is 11.5 Å². The number of hydrogen-bond donors (Lipinski definition) is 2. The molecule has 0 bridgehead atoms. The Hall–Kier alpha value is -1.26. The van der Waals surface area contributed by atoms with Crippen LogP contribution >= 0.6 is 0 Å². The number of rotatable bonds is 5. The highest BCUT2D eigenvalue weighted by Crippen LogP contribution is 2.26. The fourth-order valence-electron chi connectivity index (χ4n) is 1.16. The number of phenolic OH excluding ortho intramolecular Hbond substituents is 1. The van der Waals surface area contributed by atoms with Crippen LogP contribution in [0.3, 0.4) is 0 Å². The summed E-state index contributed by atoms with van der Waals surface area (Å²) >= 11 is 0. The molecule has 3 N–H and O–H groups in total. The number of aromatic hydroxyl groups is 1. The number of hydrogen-bond acceptors (Lipinski definition) is 4. The summed E-state index contributed by atoms with van der Waals surface area (Å²) in [5.74, 6) is 5.58. The fourth-order valence-corrected chi connectivity index (χ4v) is 1.16. The van der Waals surface area contributed by atoms with Gasteiger partial charge in [-0.1, -0.05) is 6.07 Å². The first-order chi connectivity index (χ1) is 6.77. The van der Waals surface area contributed by atoms with Crippen molar-refractivity contribution in [1.82, 2.24) is 0 Å². The van der Waals surface area contributed by atoms with Crippen LogP contribution in [0, 0.1) is 0 Å². The van der Waals surface area contributed by atoms with E-state index in [1.165, 1.54) is 0 Å². The van der Waals surface area contributed by atoms with Crippen LogP contribution in [0.4, 0.5) is 0 Å². The molecule has 0 aliphatic heterocycles. The quantitative estimate of drug-likeness (QED) is 0.697. The van der Waals surface area contributed by atoms with Crippen molar-refractivity contribution in [2.75, 3.05) is 13.2 Å². The molecule has 0 aliphatic carbocycles. The minimum absolute atomic E-state index is 0.157. The number of ether oxygens (including phenoxy) is 1. The molecule has 1 aromatic rings. The van der Waals surface area contributed by atoms with Gasteiger partial charge in [-0.2, -0.15) is 0 Å². The summed E-state index contributed by atoms with van der Waals surface area (Å²) in [5, 5.41) is 9.41. The average Bonchev–Trinajstić information content (AvgIpc) is 2.19. The third-order valence-electron chi connectivity index (χ3n) is 1.83. The third kappa shape index (κ3) is 2.90. The average molecular weight is 197 g/mol. The van der Waals surface area contributed by atoms with Crippen molar-refractivity contribution in [1.29, 1.82) is 0 Å². The third-order valence-corrected chi connectivity index (χ3v) is 1.83. The van der Waals surface area contributed by atoms with Gasteiger partial charge in [0.25, 0.3) is 0 Å². The van der Waals surface area contributed by atoms with Crippen LogP contribution in [-0.2, 0) is 11.3 Å². The van der Waals surface area contributed by atoms with Crippen LogP contribution in [0.1, 0.15) is 12.5 Å². The SMILES string of the molecule is CCOc1cc(CCON)ccc1O. The lowest BCUT2D eigenvalue weighted by molar-refractivity contribution is 0.141. The van der Waals surface area contributed by atoms with E-state index < -0.39 is 0 Å². The maximum atomic E-state index is 9.41. The first-order valence-electron chi connectivity index (χ1n) is 4.54. The molecule has 0 amide bonds. The zero-order chi connectivity index (χ0) is 10.4. The molecule has 0 atom stereocenters. The Morgan fingerprint density at radius 2 is 2.21 bits per heavy atom. The monoisotopic (exact) mass is 197 g/mol. The summed E-state index contributed by atoms with van der Waals surface area (Å²) < 4.78 is 5.24. The summed E-state index contributed by atoms with van der Waals surface area (Å²) in [6.07, 6.45) is 0.705. The molecule has 4 heteroatoms. The Labute approximate surface area is 83.2 Å². The molecule has 78 valence electrons. The topological polar surface area (TPSA) is 64.7 Å². The van der Waals surface area contributed by atoms with E-state index in [-0.39, 0.29) is 5.75 Å². The van der Waals surface area contributed by atoms with E-state index in [1.807, 2.05) is 13.0 Å². The highest BCUT2D eigenvalue weighted by Gasteiger charge is 2.02. The Morgan fingerprint density at radius 3 is 2.86 bits per heavy atom. The predicted molar refractivity (Wildman–Crippen MR) is 53.1 cm³/mol. The molecule has 0 spiro atoms. The van der Waals surface area contributed by atoms with Crippen molar-refractivity contribution in [3.63, 3.8) is 0 Å². The summed E-state index contributed by atoms with van der Waals surface area (Å²) in [7, 11) is 0. The van der Waals surface area contributed by atoms with Crippen molar-refractivity contribution in [2.24, 2.45) is 5.90 Å². The molecule has 14 heavy (non-hydrogen) atoms. The smallest absolute Gasteiger partial charge is 0.161 e. The van der Waals surface area contributed by atoms with Gasteiger partial charge in [-0.15, -0.1) is 0 Å². The molecule has 1 rings (SSSR count). The van der Waals surface area contributed by atoms with Crippen molar-refractivity contribution in [3.8, 4) is 11.5 Å². The molecular formula is C10H15NO3. The summed E-state index contributed by atoms with van der Waals surface area (Å²) in [6.45, 7) is 2.86. The molecule has 0 heterocycles. The van der Waals surface area contributed by atoms with E-state index in [4.69, 9.17) is 10.6 Å². The van der Waals surface area contributed by atoms with E-state index in [1.54, 1.807) is 12.1 Å². The minimum Gasteiger partial charge on any atom is -0.504 e. The normalized spacial score (nSPS) is 10.1. The predicted octanol–water partition coefficient (Wildman–Crippen LogP) is 1.22. The second-order valence-electron chi connectivity index (χ2n) is 2.86. The van der Waals surface area contributed by atoms with Crippen LogP contribution in [-0.4, -0.2) is 18.3 Å². The lowest BCUT2D eigenvalue weighted by Crippen LogP contribution is -2.03. The first-order valence-corrected chi connectivity index (χ1v) is 4.54. The summed E-state index contributed by atoms with van der Waals surface area (Å²) in [4.78, 5) is 4.47. The minimum atomic E-state index is 0.157. The Bertz CT molecular complexity index is 289. The number of benzene rings is 1. The van der Waals surface area contributed by atoms with E-state index in [2.05, 4.69) is 4.84 Å². The first kappa shape index (κ1) is 10.8. The van der Waals surface area contributed by atoms with Crippen molar-refractivity contribution < 1.29 is 14.7 Å². The van der Waals surface area contributed by atoms with Crippen LogP contribution in [0.25, 0.3) is 0 Å². The molecule has 0 radical (unpaired) electrons. The van der Waals surface area contributed by atoms with Crippen molar-refractivity contribution in [3.05, 3.63) is 23.8 Å². The van der Waals surface area contributed by atoms with Gasteiger partial charge in [-0.05, 0) is 31.0 Å². The largest absolute Gasteiger partial charge is 0.504 e. The van der Waals surface area contributed by atoms with Gasteiger partial charge in [-0.3, -0.25) is 0 Å². The summed E-state index contributed by atoms with van der Waals surface area (Å²) in [5.41, 5.74) is 1.02. The number of phenols is 1. The molecule has 0 saturated carbocycles. The maximum absolute atomic E-state index is 9.41. The van der Waals surface area contributed by atoms with Gasteiger partial charge in [0.2, 0.25) is 0 Å². The van der Waals surface area contributed by atoms with Crippen molar-refractivity contribution >= 4 is 0 Å². The zero-order valence-electron chi connectivity index (χ0n) is 8.19. The van der Waals surface area contributed by atoms with Crippen LogP contribution in [0.5, 0.6) is 11.5 Å². The summed E-state index contributed by atoms with van der Waals surface area (Å²) in [6, 6.07) is 5.21. The molecule has 1 aromatic carbocycles. The second-order valence-corrected chi connectivity index (χ2v) is 2.86. The van der Waals surface area contributed by atoms with Crippen LogP contribution in [0.2, 0.25) is 0 Å². The second kappa shape index (κ2) is 5.47. The Kier molecular flexibility index (Phi) is 4.22. The molecule has 0 aliphatic rings. The highest BCUT2D eigenvalue weighted by molar-refractivity contribution is 5.41. The maximum Gasteiger partial charge on any atom is 0.161 e. The molecule has 0 saturated heterocycles. The van der Waals surface area contributed by atoms with Crippen LogP contribution < -0.4 is 10.6 Å². The lowest BCUT2D eigenvalue weighted by atomic mass is 10.1. The van der Waals surface area contributed by atoms with Crippen molar-refractivity contribution in [2.45, 2.75) is 13.3 Å². The Balaban J connectivity index is 2.72. The van der Waals surface area contributed by atoms with Gasteiger partial charge in [0, 0.05) is 0 Å². The molecule has 0 fully saturated rings. The zero-order valence-corrected chi connectivity index (χ0v) is 8.19. The van der Waals surface area contributed by atoms with Gasteiger partial charge in [-0.25, -0.2) is 5.90 Å². The van der Waals surface area contributed by atoms with E-state index in [0.717, 1.165) is 5.56 Å². The molecule has 4 nitrogen and oxygen atoms in total. The number of nitrogens with two attached hydrogens (primary N) is 1. The van der Waals surface area contributed by atoms with Gasteiger partial charge >= 0.3 is 0 Å². The van der Waals surface area contributed by atoms with Gasteiger partial charge < -0.3 is 14.7 Å². The Morgan fingerprint density at radius 1 is 1.43 bits per heavy atom. The molecular weight excluding hydrogens is 182 g/mol. The van der Waals surface area contributed by atoms with E-state index in [0.29, 0.717) is 25.4 Å². The fraction of sp³-hybridized carbons (Fsp3) is 0.400. The van der Waals surface area contributed by atoms with Gasteiger partial charge in [0.1, 0.15) is 0 Å². The standard InChI is InChI=1S/C10H15NO3/c1-2-13-10-7-8(5-6-14-11)3-4-9(10)12/h3-4,7,12H,2,5-6,11H2,1H3. The van der Waals surface area contributed by atoms with Crippen LogP contribution in [0.15, 0.2) is 18.2 Å². The highest BCUT2D eigenvalue weighted by atomic mass is 16.6. The van der Waals surface area contributed by atoms with E-state index >= 15 is 0 Å². The lowest BCUT2D eigenvalue weighted by Gasteiger charge is -2.07. The molecule has 0 aromatic heterocycles. The molecule has 0 unspecified atom stereocenters.